The molecular formula is C15H21N3OS. The van der Waals surface area contributed by atoms with Gasteiger partial charge in [0, 0.05) is 43.1 Å². The lowest BCUT2D eigenvalue weighted by molar-refractivity contribution is -0.119. The summed E-state index contributed by atoms with van der Waals surface area (Å²) < 4.78 is 0. The lowest BCUT2D eigenvalue weighted by Crippen LogP contribution is -2.43. The van der Waals surface area contributed by atoms with E-state index >= 15 is 0 Å². The normalized spacial score (nSPS) is 22.2. The Hall–Kier alpha value is -1.20. The molecule has 3 rings (SSSR count). The molecule has 2 saturated heterocycles. The number of hydrogen-bond acceptors (Lipinski definition) is 4. The molecule has 0 spiro atoms. The maximum absolute atomic E-state index is 12.3. The molecule has 1 amide bonds. The van der Waals surface area contributed by atoms with Gasteiger partial charge in [-0.25, -0.2) is 0 Å². The zero-order chi connectivity index (χ0) is 13.9. The minimum Gasteiger partial charge on any atom is -0.372 e. The highest BCUT2D eigenvalue weighted by molar-refractivity contribution is 7.99. The lowest BCUT2D eigenvalue weighted by Gasteiger charge is -2.23. The van der Waals surface area contributed by atoms with Crippen LogP contribution in [0.4, 0.5) is 11.4 Å². The van der Waals surface area contributed by atoms with Crippen molar-refractivity contribution in [3.05, 3.63) is 24.3 Å². The Balaban J connectivity index is 1.68. The molecule has 108 valence electrons. The van der Waals surface area contributed by atoms with E-state index in [2.05, 4.69) is 22.3 Å². The van der Waals surface area contributed by atoms with Crippen molar-refractivity contribution in [2.45, 2.75) is 18.9 Å². The van der Waals surface area contributed by atoms with Crippen LogP contribution in [0.15, 0.2) is 24.3 Å². The fourth-order valence-corrected chi connectivity index (χ4v) is 3.71. The average Bonchev–Trinajstić information content (AvgIpc) is 3.18. The Morgan fingerprint density at radius 1 is 1.30 bits per heavy atom. The van der Waals surface area contributed by atoms with Gasteiger partial charge in [0.1, 0.15) is 0 Å². The first-order valence-corrected chi connectivity index (χ1v) is 8.35. The minimum atomic E-state index is -0.0386. The highest BCUT2D eigenvalue weighted by Gasteiger charge is 2.26. The molecule has 0 aliphatic carbocycles. The van der Waals surface area contributed by atoms with Gasteiger partial charge in [0.15, 0.2) is 0 Å². The van der Waals surface area contributed by atoms with Crippen LogP contribution in [-0.2, 0) is 4.79 Å². The molecule has 0 saturated carbocycles. The quantitative estimate of drug-likeness (QED) is 0.923. The van der Waals surface area contributed by atoms with Crippen LogP contribution >= 0.6 is 11.8 Å². The first-order chi connectivity index (χ1) is 9.75. The summed E-state index contributed by atoms with van der Waals surface area (Å²) in [6.07, 6.45) is 2.57. The van der Waals surface area contributed by atoms with Crippen molar-refractivity contribution in [1.82, 2.24) is 5.32 Å². The van der Waals surface area contributed by atoms with Crippen LogP contribution in [0.5, 0.6) is 0 Å². The van der Waals surface area contributed by atoms with Gasteiger partial charge in [0.2, 0.25) is 5.91 Å². The predicted molar refractivity (Wildman–Crippen MR) is 85.5 cm³/mol. The van der Waals surface area contributed by atoms with Crippen LogP contribution in [0.25, 0.3) is 0 Å². The molecule has 2 aliphatic rings. The molecular weight excluding hydrogens is 270 g/mol. The molecule has 20 heavy (non-hydrogen) atoms. The Kier molecular flexibility index (Phi) is 4.17. The second-order valence-corrected chi connectivity index (χ2v) is 6.41. The zero-order valence-electron chi connectivity index (χ0n) is 11.8. The Labute approximate surface area is 124 Å². The first-order valence-electron chi connectivity index (χ1n) is 7.19. The Morgan fingerprint density at radius 3 is 2.60 bits per heavy atom. The predicted octanol–water partition coefficient (Wildman–Crippen LogP) is 1.91. The van der Waals surface area contributed by atoms with E-state index in [0.717, 1.165) is 30.4 Å². The van der Waals surface area contributed by atoms with Crippen molar-refractivity contribution in [3.63, 3.8) is 0 Å². The van der Waals surface area contributed by atoms with E-state index in [4.69, 9.17) is 0 Å². The first kappa shape index (κ1) is 13.8. The number of benzene rings is 1. The number of nitrogens with zero attached hydrogens (tertiary/aromatic N) is 2. The highest BCUT2D eigenvalue weighted by Crippen LogP contribution is 2.24. The van der Waals surface area contributed by atoms with Crippen molar-refractivity contribution < 1.29 is 4.79 Å². The van der Waals surface area contributed by atoms with Gasteiger partial charge in [-0.15, -0.1) is 11.8 Å². The van der Waals surface area contributed by atoms with Gasteiger partial charge in [-0.3, -0.25) is 10.1 Å². The smallest absolute Gasteiger partial charge is 0.244 e. The fourth-order valence-electron chi connectivity index (χ4n) is 2.78. The molecule has 0 bridgehead atoms. The molecule has 2 aliphatic heterocycles. The summed E-state index contributed by atoms with van der Waals surface area (Å²) in [6.45, 7) is 2.30. The Bertz CT molecular complexity index is 465. The number of amides is 1. The van der Waals surface area contributed by atoms with Gasteiger partial charge in [-0.2, -0.15) is 0 Å². The monoisotopic (exact) mass is 291 g/mol. The van der Waals surface area contributed by atoms with E-state index < -0.39 is 0 Å². The molecule has 1 N–H and O–H groups in total. The molecule has 2 fully saturated rings. The third-order valence-corrected chi connectivity index (χ3v) is 4.99. The standard InChI is InChI=1S/C15H21N3OS/c1-17(15(19)14-10-20-11-16-14)12-4-6-13(7-5-12)18-8-2-3-9-18/h4-7,14,16H,2-3,8-11H2,1H3. The van der Waals surface area contributed by atoms with Crippen molar-refractivity contribution in [2.75, 3.05) is 41.6 Å². The number of likely N-dealkylation sites (N-methyl/N-ethyl adjacent to an activating group) is 1. The second-order valence-electron chi connectivity index (χ2n) is 5.38. The summed E-state index contributed by atoms with van der Waals surface area (Å²) in [5.74, 6) is 1.90. The van der Waals surface area contributed by atoms with Crippen LogP contribution in [0.3, 0.4) is 0 Å². The summed E-state index contributed by atoms with van der Waals surface area (Å²) in [7, 11) is 1.86. The molecule has 1 atom stereocenters. The van der Waals surface area contributed by atoms with Crippen molar-refractivity contribution >= 4 is 29.0 Å². The molecule has 1 aromatic carbocycles. The van der Waals surface area contributed by atoms with E-state index in [1.807, 2.05) is 19.2 Å². The minimum absolute atomic E-state index is 0.0386. The molecule has 4 nitrogen and oxygen atoms in total. The van der Waals surface area contributed by atoms with Gasteiger partial charge < -0.3 is 9.80 Å². The SMILES string of the molecule is CN(C(=O)C1CSCN1)c1ccc(N2CCCC2)cc1. The second kappa shape index (κ2) is 6.06. The van der Waals surface area contributed by atoms with Gasteiger partial charge >= 0.3 is 0 Å². The zero-order valence-corrected chi connectivity index (χ0v) is 12.7. The average molecular weight is 291 g/mol. The number of carbonyl (C=O) groups excluding carboxylic acids is 1. The molecule has 0 aromatic heterocycles. The van der Waals surface area contributed by atoms with Crippen molar-refractivity contribution in [3.8, 4) is 0 Å². The lowest BCUT2D eigenvalue weighted by atomic mass is 10.2. The Morgan fingerprint density at radius 2 is 2.00 bits per heavy atom. The van der Waals surface area contributed by atoms with Crippen molar-refractivity contribution in [1.29, 1.82) is 0 Å². The maximum Gasteiger partial charge on any atom is 0.244 e. The van der Waals surface area contributed by atoms with Crippen LogP contribution < -0.4 is 15.1 Å². The summed E-state index contributed by atoms with van der Waals surface area (Å²) >= 11 is 1.78. The van der Waals surface area contributed by atoms with E-state index in [1.54, 1.807) is 16.7 Å². The van der Waals surface area contributed by atoms with E-state index in [1.165, 1.54) is 18.5 Å². The third-order valence-electron chi connectivity index (χ3n) is 4.05. The molecule has 5 heteroatoms. The van der Waals surface area contributed by atoms with Gasteiger partial charge in [-0.1, -0.05) is 0 Å². The number of nitrogens with one attached hydrogen (secondary N) is 1. The number of thioether (sulfide) groups is 1. The summed E-state index contributed by atoms with van der Waals surface area (Å²) in [4.78, 5) is 16.5. The van der Waals surface area contributed by atoms with E-state index in [0.29, 0.717) is 0 Å². The van der Waals surface area contributed by atoms with Crippen LogP contribution in [0.2, 0.25) is 0 Å². The van der Waals surface area contributed by atoms with Crippen LogP contribution in [0, 0.1) is 0 Å². The summed E-state index contributed by atoms with van der Waals surface area (Å²) in [6, 6.07) is 8.31. The molecule has 1 aromatic rings. The van der Waals surface area contributed by atoms with E-state index in [-0.39, 0.29) is 11.9 Å². The summed E-state index contributed by atoms with van der Waals surface area (Å²) in [5, 5.41) is 3.23. The summed E-state index contributed by atoms with van der Waals surface area (Å²) in [5.41, 5.74) is 2.23. The molecule has 0 radical (unpaired) electrons. The number of rotatable bonds is 3. The largest absolute Gasteiger partial charge is 0.372 e. The number of carbonyl (C=O) groups is 1. The van der Waals surface area contributed by atoms with Gasteiger partial charge in [-0.05, 0) is 37.1 Å². The third kappa shape index (κ3) is 2.79. The molecule has 2 heterocycles. The topological polar surface area (TPSA) is 35.6 Å². The fraction of sp³-hybridized carbons (Fsp3) is 0.533. The van der Waals surface area contributed by atoms with Crippen molar-refractivity contribution in [2.24, 2.45) is 0 Å². The maximum atomic E-state index is 12.3. The van der Waals surface area contributed by atoms with Gasteiger partial charge in [0.25, 0.3) is 0 Å². The number of hydrogen-bond donors (Lipinski definition) is 1. The van der Waals surface area contributed by atoms with E-state index in [9.17, 15) is 4.79 Å². The van der Waals surface area contributed by atoms with Crippen LogP contribution in [0.1, 0.15) is 12.8 Å². The highest BCUT2D eigenvalue weighted by atomic mass is 32.2. The molecule has 1 unspecified atom stereocenters. The van der Waals surface area contributed by atoms with Crippen LogP contribution in [-0.4, -0.2) is 43.7 Å². The number of anilines is 2. The van der Waals surface area contributed by atoms with Gasteiger partial charge in [0.05, 0.1) is 6.04 Å².